The minimum Gasteiger partial charge on any atom is -0.439 e. The van der Waals surface area contributed by atoms with Gasteiger partial charge in [0.25, 0.3) is 0 Å². The Bertz CT molecular complexity index is 616. The van der Waals surface area contributed by atoms with Gasteiger partial charge in [0.05, 0.1) is 5.56 Å². The molecule has 1 heterocycles. The number of benzene rings is 1. The van der Waals surface area contributed by atoms with Crippen molar-refractivity contribution in [3.8, 4) is 11.6 Å². The SMILES string of the molecule is CCCNc1nc(CC)nc(Oc2cccc(Br)c2)c1C. The Kier molecular flexibility index (Phi) is 5.56. The molecular weight excluding hydrogens is 330 g/mol. The normalized spacial score (nSPS) is 10.5. The first-order valence-electron chi connectivity index (χ1n) is 7.18. The summed E-state index contributed by atoms with van der Waals surface area (Å²) in [4.78, 5) is 9.03. The molecule has 112 valence electrons. The van der Waals surface area contributed by atoms with E-state index in [2.05, 4.69) is 38.1 Å². The lowest BCUT2D eigenvalue weighted by atomic mass is 10.3. The number of halogens is 1. The largest absolute Gasteiger partial charge is 0.439 e. The summed E-state index contributed by atoms with van der Waals surface area (Å²) in [6.45, 7) is 7.03. The number of ether oxygens (including phenoxy) is 1. The zero-order valence-corrected chi connectivity index (χ0v) is 14.2. The van der Waals surface area contributed by atoms with E-state index in [0.717, 1.165) is 46.8 Å². The van der Waals surface area contributed by atoms with Crippen molar-refractivity contribution in [2.24, 2.45) is 0 Å². The molecule has 0 saturated heterocycles. The second kappa shape index (κ2) is 7.41. The maximum Gasteiger partial charge on any atom is 0.227 e. The van der Waals surface area contributed by atoms with Crippen molar-refractivity contribution in [1.29, 1.82) is 0 Å². The Morgan fingerprint density at radius 1 is 1.24 bits per heavy atom. The molecular formula is C16H20BrN3O. The van der Waals surface area contributed by atoms with Crippen LogP contribution in [0.4, 0.5) is 5.82 Å². The number of aromatic nitrogens is 2. The highest BCUT2D eigenvalue weighted by molar-refractivity contribution is 9.10. The van der Waals surface area contributed by atoms with Crippen molar-refractivity contribution >= 4 is 21.7 Å². The van der Waals surface area contributed by atoms with Crippen LogP contribution in [0.25, 0.3) is 0 Å². The van der Waals surface area contributed by atoms with Crippen molar-refractivity contribution in [2.45, 2.75) is 33.6 Å². The molecule has 0 spiro atoms. The highest BCUT2D eigenvalue weighted by Gasteiger charge is 2.12. The van der Waals surface area contributed by atoms with E-state index in [4.69, 9.17) is 4.74 Å². The minimum absolute atomic E-state index is 0.610. The van der Waals surface area contributed by atoms with E-state index in [0.29, 0.717) is 5.88 Å². The summed E-state index contributed by atoms with van der Waals surface area (Å²) in [6, 6.07) is 7.74. The summed E-state index contributed by atoms with van der Waals surface area (Å²) in [6.07, 6.45) is 1.82. The second-order valence-electron chi connectivity index (χ2n) is 4.76. The molecule has 1 aromatic carbocycles. The van der Waals surface area contributed by atoms with Crippen LogP contribution in [0.2, 0.25) is 0 Å². The third-order valence-corrected chi connectivity index (χ3v) is 3.51. The second-order valence-corrected chi connectivity index (χ2v) is 5.67. The number of anilines is 1. The van der Waals surface area contributed by atoms with Gasteiger partial charge in [-0.1, -0.05) is 35.8 Å². The molecule has 0 saturated carbocycles. The van der Waals surface area contributed by atoms with Crippen molar-refractivity contribution in [2.75, 3.05) is 11.9 Å². The van der Waals surface area contributed by atoms with Crippen LogP contribution < -0.4 is 10.1 Å². The molecule has 21 heavy (non-hydrogen) atoms. The first kappa shape index (κ1) is 15.8. The van der Waals surface area contributed by atoms with Gasteiger partial charge >= 0.3 is 0 Å². The summed E-state index contributed by atoms with van der Waals surface area (Å²) >= 11 is 3.45. The van der Waals surface area contributed by atoms with E-state index in [9.17, 15) is 0 Å². The lowest BCUT2D eigenvalue weighted by Gasteiger charge is -2.14. The number of nitrogens with one attached hydrogen (secondary N) is 1. The lowest BCUT2D eigenvalue weighted by Crippen LogP contribution is -2.08. The predicted octanol–water partition coefficient (Wildman–Crippen LogP) is 4.72. The van der Waals surface area contributed by atoms with E-state index < -0.39 is 0 Å². The van der Waals surface area contributed by atoms with Crippen LogP contribution >= 0.6 is 15.9 Å². The third kappa shape index (κ3) is 4.17. The average molecular weight is 350 g/mol. The van der Waals surface area contributed by atoms with Gasteiger partial charge in [0.1, 0.15) is 17.4 Å². The maximum absolute atomic E-state index is 5.93. The molecule has 0 radical (unpaired) electrons. The molecule has 5 heteroatoms. The number of nitrogens with zero attached hydrogens (tertiary/aromatic N) is 2. The fourth-order valence-electron chi connectivity index (χ4n) is 1.86. The van der Waals surface area contributed by atoms with Crippen LogP contribution in [0.15, 0.2) is 28.7 Å². The van der Waals surface area contributed by atoms with Gasteiger partial charge in [0, 0.05) is 17.4 Å². The quantitative estimate of drug-likeness (QED) is 0.819. The fourth-order valence-corrected chi connectivity index (χ4v) is 2.23. The molecule has 1 aromatic heterocycles. The smallest absolute Gasteiger partial charge is 0.227 e. The van der Waals surface area contributed by atoms with Gasteiger partial charge in [-0.3, -0.25) is 0 Å². The van der Waals surface area contributed by atoms with Crippen LogP contribution in [-0.4, -0.2) is 16.5 Å². The number of aryl methyl sites for hydroxylation is 1. The molecule has 0 atom stereocenters. The Morgan fingerprint density at radius 2 is 2.05 bits per heavy atom. The third-order valence-electron chi connectivity index (χ3n) is 3.02. The van der Waals surface area contributed by atoms with Crippen molar-refractivity contribution in [3.05, 3.63) is 40.1 Å². The van der Waals surface area contributed by atoms with Crippen molar-refractivity contribution in [1.82, 2.24) is 9.97 Å². The highest BCUT2D eigenvalue weighted by Crippen LogP contribution is 2.28. The summed E-state index contributed by atoms with van der Waals surface area (Å²) in [7, 11) is 0. The monoisotopic (exact) mass is 349 g/mol. The van der Waals surface area contributed by atoms with Crippen LogP contribution in [-0.2, 0) is 6.42 Å². The van der Waals surface area contributed by atoms with Gasteiger partial charge in [0.15, 0.2) is 0 Å². The van der Waals surface area contributed by atoms with Gasteiger partial charge in [0.2, 0.25) is 5.88 Å². The average Bonchev–Trinajstić information content (AvgIpc) is 2.48. The van der Waals surface area contributed by atoms with Gasteiger partial charge in [-0.25, -0.2) is 4.98 Å². The Morgan fingerprint density at radius 3 is 2.71 bits per heavy atom. The number of hydrogen-bond acceptors (Lipinski definition) is 4. The molecule has 0 aliphatic rings. The molecule has 4 nitrogen and oxygen atoms in total. The Hall–Kier alpha value is -1.62. The van der Waals surface area contributed by atoms with Gasteiger partial charge in [-0.05, 0) is 31.5 Å². The summed E-state index contributed by atoms with van der Waals surface area (Å²) in [5, 5.41) is 3.33. The number of hydrogen-bond donors (Lipinski definition) is 1. The van der Waals surface area contributed by atoms with Crippen LogP contribution in [0.1, 0.15) is 31.7 Å². The first-order chi connectivity index (χ1) is 10.1. The topological polar surface area (TPSA) is 47.0 Å². The molecule has 0 fully saturated rings. The number of rotatable bonds is 6. The molecule has 1 N–H and O–H groups in total. The first-order valence-corrected chi connectivity index (χ1v) is 7.98. The summed E-state index contributed by atoms with van der Waals surface area (Å²) in [5.41, 5.74) is 0.931. The van der Waals surface area contributed by atoms with Crippen LogP contribution in [0, 0.1) is 6.92 Å². The van der Waals surface area contributed by atoms with Gasteiger partial charge < -0.3 is 10.1 Å². The van der Waals surface area contributed by atoms with E-state index >= 15 is 0 Å². The van der Waals surface area contributed by atoms with E-state index in [1.807, 2.05) is 38.1 Å². The summed E-state index contributed by atoms with van der Waals surface area (Å²) < 4.78 is 6.91. The van der Waals surface area contributed by atoms with E-state index in [1.165, 1.54) is 0 Å². The van der Waals surface area contributed by atoms with Gasteiger partial charge in [-0.2, -0.15) is 4.98 Å². The van der Waals surface area contributed by atoms with E-state index in [1.54, 1.807) is 0 Å². The molecule has 0 unspecified atom stereocenters. The van der Waals surface area contributed by atoms with Crippen molar-refractivity contribution < 1.29 is 4.74 Å². The standard InChI is InChI=1S/C16H20BrN3O/c1-4-9-18-15-11(3)16(20-14(5-2)19-15)21-13-8-6-7-12(17)10-13/h6-8,10H,4-5,9H2,1-3H3,(H,18,19,20). The highest BCUT2D eigenvalue weighted by atomic mass is 79.9. The fraction of sp³-hybridized carbons (Fsp3) is 0.375. The zero-order valence-electron chi connectivity index (χ0n) is 12.6. The molecule has 0 amide bonds. The molecule has 0 bridgehead atoms. The summed E-state index contributed by atoms with van der Waals surface area (Å²) in [5.74, 6) is 3.01. The zero-order chi connectivity index (χ0) is 15.2. The van der Waals surface area contributed by atoms with Crippen molar-refractivity contribution in [3.63, 3.8) is 0 Å². The molecule has 2 aromatic rings. The molecule has 0 aliphatic heterocycles. The van der Waals surface area contributed by atoms with Crippen LogP contribution in [0.5, 0.6) is 11.6 Å². The van der Waals surface area contributed by atoms with Crippen LogP contribution in [0.3, 0.4) is 0 Å². The van der Waals surface area contributed by atoms with E-state index in [-0.39, 0.29) is 0 Å². The Balaban J connectivity index is 2.33. The maximum atomic E-state index is 5.93. The van der Waals surface area contributed by atoms with Gasteiger partial charge in [-0.15, -0.1) is 0 Å². The molecule has 2 rings (SSSR count). The lowest BCUT2D eigenvalue weighted by molar-refractivity contribution is 0.454. The minimum atomic E-state index is 0.610. The Labute approximate surface area is 134 Å². The predicted molar refractivity (Wildman–Crippen MR) is 89.1 cm³/mol. The molecule has 0 aliphatic carbocycles.